The second-order valence-electron chi connectivity index (χ2n) is 5.92. The van der Waals surface area contributed by atoms with E-state index in [9.17, 15) is 0 Å². The number of nitrogens with one attached hydrogen (secondary N) is 1. The molecule has 116 valence electrons. The van der Waals surface area contributed by atoms with Crippen LogP contribution in [0.1, 0.15) is 26.2 Å². The van der Waals surface area contributed by atoms with E-state index < -0.39 is 0 Å². The van der Waals surface area contributed by atoms with Gasteiger partial charge in [0.25, 0.3) is 0 Å². The van der Waals surface area contributed by atoms with Crippen LogP contribution in [0.3, 0.4) is 0 Å². The Kier molecular flexibility index (Phi) is 5.92. The Bertz CT molecular complexity index is 347. The van der Waals surface area contributed by atoms with Crippen LogP contribution >= 0.6 is 24.0 Å². The van der Waals surface area contributed by atoms with Crippen LogP contribution in [0.2, 0.25) is 0 Å². The van der Waals surface area contributed by atoms with Crippen LogP contribution in [0.15, 0.2) is 4.99 Å². The molecule has 6 heteroatoms. The summed E-state index contributed by atoms with van der Waals surface area (Å²) in [4.78, 5) is 6.74. The standard InChI is InChI=1S/C14H25N3O2.HI/c1-10-8-11(10)16-14(15-2)17-5-7-19-13(9-17)12-4-3-6-18-12;/h10-13H,3-9H2,1-2H3,(H,15,16);1H. The largest absolute Gasteiger partial charge is 0.375 e. The molecule has 0 aromatic heterocycles. The zero-order valence-corrected chi connectivity index (χ0v) is 14.7. The third-order valence-corrected chi connectivity index (χ3v) is 4.41. The molecule has 2 saturated heterocycles. The maximum absolute atomic E-state index is 5.88. The maximum atomic E-state index is 5.88. The summed E-state index contributed by atoms with van der Waals surface area (Å²) in [6, 6.07) is 0.614. The van der Waals surface area contributed by atoms with Gasteiger partial charge in [0.1, 0.15) is 6.10 Å². The number of aliphatic imine (C=N–C) groups is 1. The number of halogens is 1. The quantitative estimate of drug-likeness (QED) is 0.437. The fourth-order valence-corrected chi connectivity index (χ4v) is 2.97. The summed E-state index contributed by atoms with van der Waals surface area (Å²) in [5.74, 6) is 1.81. The van der Waals surface area contributed by atoms with Crippen LogP contribution in [0, 0.1) is 5.92 Å². The molecule has 20 heavy (non-hydrogen) atoms. The summed E-state index contributed by atoms with van der Waals surface area (Å²) in [5.41, 5.74) is 0. The van der Waals surface area contributed by atoms with Gasteiger partial charge in [0.05, 0.1) is 12.7 Å². The number of ether oxygens (including phenoxy) is 2. The van der Waals surface area contributed by atoms with Crippen molar-refractivity contribution in [3.8, 4) is 0 Å². The van der Waals surface area contributed by atoms with E-state index in [0.29, 0.717) is 6.04 Å². The number of guanidine groups is 1. The molecule has 0 radical (unpaired) electrons. The third-order valence-electron chi connectivity index (χ3n) is 4.41. The normalized spacial score (nSPS) is 37.5. The van der Waals surface area contributed by atoms with Crippen molar-refractivity contribution in [2.24, 2.45) is 10.9 Å². The highest BCUT2D eigenvalue weighted by atomic mass is 127. The highest BCUT2D eigenvalue weighted by molar-refractivity contribution is 14.0. The molecular weight excluding hydrogens is 369 g/mol. The van der Waals surface area contributed by atoms with Crippen molar-refractivity contribution in [2.45, 2.75) is 44.4 Å². The Morgan fingerprint density at radius 3 is 2.60 bits per heavy atom. The Balaban J connectivity index is 0.00000147. The van der Waals surface area contributed by atoms with Crippen LogP contribution in [0.4, 0.5) is 0 Å². The maximum Gasteiger partial charge on any atom is 0.194 e. The van der Waals surface area contributed by atoms with Gasteiger partial charge >= 0.3 is 0 Å². The van der Waals surface area contributed by atoms with Crippen LogP contribution in [0.25, 0.3) is 0 Å². The first kappa shape index (κ1) is 16.3. The van der Waals surface area contributed by atoms with Gasteiger partial charge in [-0.3, -0.25) is 4.99 Å². The van der Waals surface area contributed by atoms with Gasteiger partial charge in [-0.2, -0.15) is 0 Å². The molecule has 2 aliphatic heterocycles. The number of hydrogen-bond donors (Lipinski definition) is 1. The summed E-state index contributed by atoms with van der Waals surface area (Å²) in [7, 11) is 1.87. The van der Waals surface area contributed by atoms with E-state index in [1.807, 2.05) is 7.05 Å². The highest BCUT2D eigenvalue weighted by Gasteiger charge is 2.36. The number of rotatable bonds is 2. The van der Waals surface area contributed by atoms with Crippen molar-refractivity contribution in [1.82, 2.24) is 10.2 Å². The van der Waals surface area contributed by atoms with Crippen LogP contribution in [0.5, 0.6) is 0 Å². The first-order chi connectivity index (χ1) is 9.28. The van der Waals surface area contributed by atoms with E-state index in [1.54, 1.807) is 0 Å². The van der Waals surface area contributed by atoms with Crippen molar-refractivity contribution in [2.75, 3.05) is 33.4 Å². The summed E-state index contributed by atoms with van der Waals surface area (Å²) >= 11 is 0. The van der Waals surface area contributed by atoms with Gasteiger partial charge in [0.2, 0.25) is 0 Å². The predicted octanol–water partition coefficient (Wildman–Crippen LogP) is 1.47. The highest BCUT2D eigenvalue weighted by Crippen LogP contribution is 2.29. The van der Waals surface area contributed by atoms with Gasteiger partial charge in [-0.15, -0.1) is 24.0 Å². The van der Waals surface area contributed by atoms with Crippen molar-refractivity contribution in [3.63, 3.8) is 0 Å². The summed E-state index contributed by atoms with van der Waals surface area (Å²) in [6.07, 6.45) is 4.03. The summed E-state index contributed by atoms with van der Waals surface area (Å²) in [6.45, 7) is 5.75. The van der Waals surface area contributed by atoms with Gasteiger partial charge in [0.15, 0.2) is 5.96 Å². The molecule has 1 N–H and O–H groups in total. The lowest BCUT2D eigenvalue weighted by atomic mass is 10.1. The topological polar surface area (TPSA) is 46.1 Å². The third kappa shape index (κ3) is 3.76. The van der Waals surface area contributed by atoms with Crippen LogP contribution < -0.4 is 5.32 Å². The molecule has 1 saturated carbocycles. The molecule has 4 unspecified atom stereocenters. The Morgan fingerprint density at radius 1 is 1.25 bits per heavy atom. The van der Waals surface area contributed by atoms with E-state index in [-0.39, 0.29) is 36.2 Å². The molecule has 1 aliphatic carbocycles. The van der Waals surface area contributed by atoms with Crippen LogP contribution in [-0.2, 0) is 9.47 Å². The second kappa shape index (κ2) is 7.26. The summed E-state index contributed by atoms with van der Waals surface area (Å²) in [5, 5.41) is 3.55. The molecular formula is C14H26IN3O2. The SMILES string of the molecule is CN=C(NC1CC1C)N1CCOC(C2CCCO2)C1.I. The van der Waals surface area contributed by atoms with Gasteiger partial charge in [0, 0.05) is 32.8 Å². The minimum absolute atomic E-state index is 0. The zero-order valence-electron chi connectivity index (χ0n) is 12.4. The van der Waals surface area contributed by atoms with Crippen molar-refractivity contribution < 1.29 is 9.47 Å². The lowest BCUT2D eigenvalue weighted by Gasteiger charge is -2.37. The van der Waals surface area contributed by atoms with Gasteiger partial charge in [-0.1, -0.05) is 6.92 Å². The smallest absolute Gasteiger partial charge is 0.194 e. The lowest BCUT2D eigenvalue weighted by Crippen LogP contribution is -2.53. The average molecular weight is 395 g/mol. The number of morpholine rings is 1. The minimum Gasteiger partial charge on any atom is -0.375 e. The second-order valence-corrected chi connectivity index (χ2v) is 5.92. The van der Waals surface area contributed by atoms with Crippen molar-refractivity contribution in [1.29, 1.82) is 0 Å². The van der Waals surface area contributed by atoms with Gasteiger partial charge < -0.3 is 19.7 Å². The molecule has 3 rings (SSSR count). The molecule has 3 aliphatic rings. The predicted molar refractivity (Wildman–Crippen MR) is 89.8 cm³/mol. The van der Waals surface area contributed by atoms with E-state index >= 15 is 0 Å². The fraction of sp³-hybridized carbons (Fsp3) is 0.929. The molecule has 4 atom stereocenters. The monoisotopic (exact) mass is 395 g/mol. The molecule has 0 bridgehead atoms. The number of nitrogens with zero attached hydrogens (tertiary/aromatic N) is 2. The van der Waals surface area contributed by atoms with Crippen molar-refractivity contribution in [3.05, 3.63) is 0 Å². The zero-order chi connectivity index (χ0) is 13.2. The summed E-state index contributed by atoms with van der Waals surface area (Å²) < 4.78 is 11.6. The van der Waals surface area contributed by atoms with Gasteiger partial charge in [-0.05, 0) is 25.2 Å². The molecule has 0 aromatic carbocycles. The average Bonchev–Trinajstić information content (AvgIpc) is 2.94. The van der Waals surface area contributed by atoms with Crippen LogP contribution in [-0.4, -0.2) is 62.5 Å². The van der Waals surface area contributed by atoms with Gasteiger partial charge in [-0.25, -0.2) is 0 Å². The van der Waals surface area contributed by atoms with Crippen molar-refractivity contribution >= 4 is 29.9 Å². The minimum atomic E-state index is 0. The molecule has 0 spiro atoms. The number of hydrogen-bond acceptors (Lipinski definition) is 3. The lowest BCUT2D eigenvalue weighted by molar-refractivity contribution is -0.0817. The molecule has 2 heterocycles. The van der Waals surface area contributed by atoms with E-state index in [0.717, 1.165) is 51.0 Å². The molecule has 5 nitrogen and oxygen atoms in total. The molecule has 0 amide bonds. The first-order valence-corrected chi connectivity index (χ1v) is 7.49. The molecule has 3 fully saturated rings. The van der Waals surface area contributed by atoms with E-state index in [1.165, 1.54) is 6.42 Å². The fourth-order valence-electron chi connectivity index (χ4n) is 2.97. The first-order valence-electron chi connectivity index (χ1n) is 7.49. The Morgan fingerprint density at radius 2 is 2.00 bits per heavy atom. The van der Waals surface area contributed by atoms with E-state index in [4.69, 9.17) is 9.47 Å². The Hall–Kier alpha value is -0.0800. The van der Waals surface area contributed by atoms with E-state index in [2.05, 4.69) is 22.1 Å². The molecule has 0 aromatic rings. The Labute approximate surface area is 138 Å².